The number of hydrogen-bond donors (Lipinski definition) is 0. The third-order valence-electron chi connectivity index (χ3n) is 14.2. The molecule has 2 heterocycles. The van der Waals surface area contributed by atoms with Crippen molar-refractivity contribution in [3.63, 3.8) is 0 Å². The lowest BCUT2D eigenvalue weighted by Gasteiger charge is -2.43. The van der Waals surface area contributed by atoms with Crippen molar-refractivity contribution in [2.45, 2.75) is 57.8 Å². The Morgan fingerprint density at radius 1 is 0.400 bits per heavy atom. The summed E-state index contributed by atoms with van der Waals surface area (Å²) >= 11 is 0. The SMILES string of the molecule is CC1(C)c2ccccc2-c2ccc(N3c4ccccc4C(C)(C)c4cc(N(c5ccc6c(c5)C(C)(C)c5ccccc5-6)c5cccc6c5oc5ccccc56)ccc43)cc21. The summed E-state index contributed by atoms with van der Waals surface area (Å²) in [6.45, 7) is 14.2. The second-order valence-electron chi connectivity index (χ2n) is 18.6. The van der Waals surface area contributed by atoms with Gasteiger partial charge in [0.1, 0.15) is 5.58 Å². The Labute approximate surface area is 352 Å². The zero-order valence-corrected chi connectivity index (χ0v) is 35.0. The quantitative estimate of drug-likeness (QED) is 0.178. The molecular formula is C57H46N2O. The van der Waals surface area contributed by atoms with Crippen LogP contribution in [0.2, 0.25) is 0 Å². The zero-order chi connectivity index (χ0) is 40.7. The number of hydrogen-bond acceptors (Lipinski definition) is 3. The molecule has 0 radical (unpaired) electrons. The maximum absolute atomic E-state index is 6.79. The van der Waals surface area contributed by atoms with Crippen LogP contribution >= 0.6 is 0 Å². The van der Waals surface area contributed by atoms with E-state index in [4.69, 9.17) is 4.42 Å². The lowest BCUT2D eigenvalue weighted by Crippen LogP contribution is -2.31. The lowest BCUT2D eigenvalue weighted by atomic mass is 9.73. The van der Waals surface area contributed by atoms with Gasteiger partial charge in [-0.25, -0.2) is 0 Å². The minimum atomic E-state index is -0.288. The van der Waals surface area contributed by atoms with Gasteiger partial charge in [-0.3, -0.25) is 0 Å². The van der Waals surface area contributed by atoms with Crippen molar-refractivity contribution < 1.29 is 4.42 Å². The highest BCUT2D eigenvalue weighted by atomic mass is 16.3. The van der Waals surface area contributed by atoms with Crippen molar-refractivity contribution in [2.75, 3.05) is 9.80 Å². The van der Waals surface area contributed by atoms with Gasteiger partial charge in [0.15, 0.2) is 5.58 Å². The summed E-state index contributed by atoms with van der Waals surface area (Å²) in [4.78, 5) is 4.93. The van der Waals surface area contributed by atoms with Crippen LogP contribution in [0.5, 0.6) is 0 Å². The maximum Gasteiger partial charge on any atom is 0.159 e. The van der Waals surface area contributed by atoms with Gasteiger partial charge in [-0.15, -0.1) is 0 Å². The highest BCUT2D eigenvalue weighted by Crippen LogP contribution is 2.57. The normalized spacial score (nSPS) is 15.9. The molecule has 3 heteroatoms. The van der Waals surface area contributed by atoms with Crippen LogP contribution in [0.4, 0.5) is 34.1 Å². The molecule has 3 nitrogen and oxygen atoms in total. The van der Waals surface area contributed by atoms with E-state index in [1.807, 2.05) is 0 Å². The van der Waals surface area contributed by atoms with Gasteiger partial charge in [-0.2, -0.15) is 0 Å². The van der Waals surface area contributed by atoms with Crippen molar-refractivity contribution in [3.05, 3.63) is 203 Å². The minimum Gasteiger partial charge on any atom is -0.454 e. The molecule has 0 amide bonds. The van der Waals surface area contributed by atoms with Crippen LogP contribution < -0.4 is 9.80 Å². The average Bonchev–Trinajstić information content (AvgIpc) is 3.84. The van der Waals surface area contributed by atoms with Crippen molar-refractivity contribution in [1.29, 1.82) is 0 Å². The molecule has 0 N–H and O–H groups in total. The number of para-hydroxylation sites is 3. The third kappa shape index (κ3) is 4.66. The molecular weight excluding hydrogens is 729 g/mol. The van der Waals surface area contributed by atoms with Gasteiger partial charge in [0, 0.05) is 44.1 Å². The Morgan fingerprint density at radius 2 is 0.917 bits per heavy atom. The molecule has 60 heavy (non-hydrogen) atoms. The highest BCUT2D eigenvalue weighted by molar-refractivity contribution is 6.10. The summed E-state index contributed by atoms with van der Waals surface area (Å²) in [5, 5.41) is 2.24. The molecule has 0 unspecified atom stereocenters. The lowest BCUT2D eigenvalue weighted by molar-refractivity contribution is 0.631. The Hall–Kier alpha value is -6.84. The van der Waals surface area contributed by atoms with Gasteiger partial charge in [0.05, 0.1) is 17.1 Å². The van der Waals surface area contributed by atoms with E-state index in [9.17, 15) is 0 Å². The Balaban J connectivity index is 1.08. The molecule has 0 bridgehead atoms. The van der Waals surface area contributed by atoms with Gasteiger partial charge in [0.2, 0.25) is 0 Å². The Morgan fingerprint density at radius 3 is 1.65 bits per heavy atom. The first-order chi connectivity index (χ1) is 29.0. The Kier molecular flexibility index (Phi) is 7.09. The summed E-state index contributed by atoms with van der Waals surface area (Å²) in [7, 11) is 0. The zero-order valence-electron chi connectivity index (χ0n) is 35.0. The van der Waals surface area contributed by atoms with E-state index in [0.717, 1.165) is 39.0 Å². The van der Waals surface area contributed by atoms with E-state index in [1.165, 1.54) is 72.7 Å². The van der Waals surface area contributed by atoms with Gasteiger partial charge in [-0.05, 0) is 116 Å². The average molecular weight is 775 g/mol. The third-order valence-corrected chi connectivity index (χ3v) is 14.2. The van der Waals surface area contributed by atoms with Crippen LogP contribution in [0, 0.1) is 0 Å². The standard InChI is InChI=1S/C57H46N2O/c1-55(2)44-20-10-7-16-38(44)40-29-26-35(32-47(40)55)58(52-24-15-19-43-42-18-9-14-25-53(42)60-54(43)52)36-28-31-51-49(34-36)57(5,6)46-22-12-13-23-50(46)59(51)37-27-30-41-39-17-8-11-21-45(39)56(3,4)48(41)33-37/h7-34H,1-6H3. The van der Waals surface area contributed by atoms with Gasteiger partial charge in [-0.1, -0.05) is 151 Å². The van der Waals surface area contributed by atoms with E-state index in [2.05, 4.69) is 221 Å². The van der Waals surface area contributed by atoms with Crippen LogP contribution in [0.15, 0.2) is 174 Å². The van der Waals surface area contributed by atoms with Crippen LogP contribution in [0.3, 0.4) is 0 Å². The van der Waals surface area contributed by atoms with Crippen LogP contribution in [-0.2, 0) is 16.2 Å². The number of anilines is 6. The highest BCUT2D eigenvalue weighted by Gasteiger charge is 2.41. The number of nitrogens with zero attached hydrogens (tertiary/aromatic N) is 2. The molecule has 0 saturated carbocycles. The number of benzene rings is 8. The number of furan rings is 1. The second-order valence-corrected chi connectivity index (χ2v) is 18.6. The molecule has 290 valence electrons. The molecule has 0 saturated heterocycles. The summed E-state index contributed by atoms with van der Waals surface area (Å²) in [6, 6.07) is 63.0. The monoisotopic (exact) mass is 774 g/mol. The van der Waals surface area contributed by atoms with Crippen molar-refractivity contribution in [1.82, 2.24) is 0 Å². The summed E-state index contributed by atoms with van der Waals surface area (Å²) < 4.78 is 6.79. The van der Waals surface area contributed by atoms with Gasteiger partial charge < -0.3 is 14.2 Å². The summed E-state index contributed by atoms with van der Waals surface area (Å²) in [5.41, 5.74) is 21.4. The van der Waals surface area contributed by atoms with Gasteiger partial charge >= 0.3 is 0 Å². The topological polar surface area (TPSA) is 19.6 Å². The molecule has 8 aromatic carbocycles. The van der Waals surface area contributed by atoms with E-state index in [-0.39, 0.29) is 16.2 Å². The van der Waals surface area contributed by atoms with Crippen molar-refractivity contribution >= 4 is 56.1 Å². The molecule has 0 fully saturated rings. The van der Waals surface area contributed by atoms with E-state index in [0.29, 0.717) is 0 Å². The van der Waals surface area contributed by atoms with Crippen molar-refractivity contribution in [2.24, 2.45) is 0 Å². The molecule has 0 atom stereocenters. The maximum atomic E-state index is 6.79. The summed E-state index contributed by atoms with van der Waals surface area (Å²) in [6.07, 6.45) is 0. The molecule has 9 aromatic rings. The molecule has 1 aliphatic heterocycles. The first-order valence-electron chi connectivity index (χ1n) is 21.3. The number of rotatable bonds is 4. The van der Waals surface area contributed by atoms with Crippen LogP contribution in [0.1, 0.15) is 74.9 Å². The number of fused-ring (bicyclic) bond motifs is 11. The molecule has 1 aromatic heterocycles. The predicted octanol–water partition coefficient (Wildman–Crippen LogP) is 15.8. The molecule has 12 rings (SSSR count). The first-order valence-corrected chi connectivity index (χ1v) is 21.3. The molecule has 2 aliphatic carbocycles. The van der Waals surface area contributed by atoms with Crippen LogP contribution in [-0.4, -0.2) is 0 Å². The Bertz CT molecular complexity index is 3270. The van der Waals surface area contributed by atoms with E-state index < -0.39 is 0 Å². The summed E-state index contributed by atoms with van der Waals surface area (Å²) in [5.74, 6) is 0. The fourth-order valence-corrected chi connectivity index (χ4v) is 11.1. The minimum absolute atomic E-state index is 0.104. The predicted molar refractivity (Wildman–Crippen MR) is 250 cm³/mol. The van der Waals surface area contributed by atoms with E-state index in [1.54, 1.807) is 0 Å². The largest absolute Gasteiger partial charge is 0.454 e. The molecule has 3 aliphatic rings. The fraction of sp³-hybridized carbons (Fsp3) is 0.158. The molecule has 0 spiro atoms. The van der Waals surface area contributed by atoms with Gasteiger partial charge in [0.25, 0.3) is 0 Å². The second kappa shape index (κ2) is 12.1. The van der Waals surface area contributed by atoms with Crippen LogP contribution in [0.25, 0.3) is 44.2 Å². The van der Waals surface area contributed by atoms with Crippen molar-refractivity contribution in [3.8, 4) is 22.3 Å². The van der Waals surface area contributed by atoms with E-state index >= 15 is 0 Å². The fourth-order valence-electron chi connectivity index (χ4n) is 11.1. The smallest absolute Gasteiger partial charge is 0.159 e. The first kappa shape index (κ1) is 35.1.